The van der Waals surface area contributed by atoms with Gasteiger partial charge in [-0.15, -0.1) is 0 Å². The second kappa shape index (κ2) is 6.41. The van der Waals surface area contributed by atoms with Gasteiger partial charge in [0.05, 0.1) is 11.4 Å². The van der Waals surface area contributed by atoms with Crippen LogP contribution < -0.4 is 0 Å². The summed E-state index contributed by atoms with van der Waals surface area (Å²) in [6.45, 7) is 1.53. The highest BCUT2D eigenvalue weighted by Gasteiger charge is 2.25. The molecule has 0 fully saturated rings. The normalized spacial score (nSPS) is 14.6. The molecule has 2 rings (SSSR count). The van der Waals surface area contributed by atoms with Gasteiger partial charge in [0, 0.05) is 6.26 Å². The highest BCUT2D eigenvalue weighted by Crippen LogP contribution is 2.22. The molecular formula is C17H20O3S. The fourth-order valence-electron chi connectivity index (χ4n) is 2.17. The van der Waals surface area contributed by atoms with E-state index in [0.717, 1.165) is 18.2 Å². The molecule has 112 valence electrons. The first-order valence-corrected chi connectivity index (χ1v) is 8.83. The van der Waals surface area contributed by atoms with E-state index in [4.69, 9.17) is 0 Å². The van der Waals surface area contributed by atoms with Gasteiger partial charge in [0.1, 0.15) is 0 Å². The average Bonchev–Trinajstić information content (AvgIpc) is 2.46. The fourth-order valence-corrected chi connectivity index (χ4v) is 2.79. The van der Waals surface area contributed by atoms with Crippen LogP contribution in [0.1, 0.15) is 29.7 Å². The molecule has 0 aliphatic rings. The zero-order valence-corrected chi connectivity index (χ0v) is 13.0. The molecule has 2 unspecified atom stereocenters. The predicted molar refractivity (Wildman–Crippen MR) is 85.0 cm³/mol. The highest BCUT2D eigenvalue weighted by molar-refractivity contribution is 7.91. The molecule has 0 saturated heterocycles. The molecule has 4 heteroatoms. The first kappa shape index (κ1) is 15.7. The largest absolute Gasteiger partial charge is 0.387 e. The summed E-state index contributed by atoms with van der Waals surface area (Å²) in [6, 6.07) is 17.6. The summed E-state index contributed by atoms with van der Waals surface area (Å²) >= 11 is 0. The van der Waals surface area contributed by atoms with Crippen LogP contribution in [0.4, 0.5) is 0 Å². The van der Waals surface area contributed by atoms with Crippen molar-refractivity contribution in [2.45, 2.75) is 24.7 Å². The van der Waals surface area contributed by atoms with Gasteiger partial charge in [-0.1, -0.05) is 54.6 Å². The zero-order chi connectivity index (χ0) is 15.5. The minimum atomic E-state index is -3.26. The summed E-state index contributed by atoms with van der Waals surface area (Å²) in [7, 11) is -3.26. The maximum Gasteiger partial charge on any atom is 0.152 e. The Bertz CT molecular complexity index is 676. The Morgan fingerprint density at radius 3 is 2.00 bits per heavy atom. The van der Waals surface area contributed by atoms with Crippen molar-refractivity contribution in [1.82, 2.24) is 0 Å². The van der Waals surface area contributed by atoms with Crippen molar-refractivity contribution in [3.63, 3.8) is 0 Å². The van der Waals surface area contributed by atoms with E-state index in [2.05, 4.69) is 12.1 Å². The molecule has 0 aliphatic heterocycles. The molecule has 0 bridgehead atoms. The lowest BCUT2D eigenvalue weighted by molar-refractivity contribution is 0.176. The van der Waals surface area contributed by atoms with E-state index in [-0.39, 0.29) is 0 Å². The molecule has 0 spiro atoms. The van der Waals surface area contributed by atoms with E-state index < -0.39 is 21.2 Å². The third-order valence-electron chi connectivity index (χ3n) is 3.69. The van der Waals surface area contributed by atoms with Crippen LogP contribution in [0.3, 0.4) is 0 Å². The number of aliphatic hydroxyl groups is 1. The zero-order valence-electron chi connectivity index (χ0n) is 12.2. The summed E-state index contributed by atoms with van der Waals surface area (Å²) in [5.41, 5.74) is 2.98. The standard InChI is InChI=1S/C17H20O3S/c1-13(21(2,19)20)17(18)16-10-8-15(9-11-16)12-14-6-4-3-5-7-14/h3-11,13,17-18H,12H2,1-2H3. The highest BCUT2D eigenvalue weighted by atomic mass is 32.2. The molecule has 2 atom stereocenters. The lowest BCUT2D eigenvalue weighted by atomic mass is 10.0. The molecular weight excluding hydrogens is 284 g/mol. The number of hydrogen-bond donors (Lipinski definition) is 1. The number of aliphatic hydroxyl groups excluding tert-OH is 1. The summed E-state index contributed by atoms with van der Waals surface area (Å²) in [5.74, 6) is 0. The minimum Gasteiger partial charge on any atom is -0.387 e. The lowest BCUT2D eigenvalue weighted by Gasteiger charge is -2.17. The van der Waals surface area contributed by atoms with Crippen LogP contribution >= 0.6 is 0 Å². The predicted octanol–water partition coefficient (Wildman–Crippen LogP) is 2.74. The van der Waals surface area contributed by atoms with Crippen molar-refractivity contribution >= 4 is 9.84 Å². The van der Waals surface area contributed by atoms with Crippen molar-refractivity contribution in [2.75, 3.05) is 6.26 Å². The SMILES string of the molecule is CC(C(O)c1ccc(Cc2ccccc2)cc1)S(C)(=O)=O. The van der Waals surface area contributed by atoms with Crippen LogP contribution in [-0.2, 0) is 16.3 Å². The summed E-state index contributed by atoms with van der Waals surface area (Å²) in [6.07, 6.45) is 0.967. The van der Waals surface area contributed by atoms with Crippen molar-refractivity contribution in [1.29, 1.82) is 0 Å². The van der Waals surface area contributed by atoms with Crippen LogP contribution in [0.15, 0.2) is 54.6 Å². The molecule has 0 aliphatic carbocycles. The van der Waals surface area contributed by atoms with Gasteiger partial charge in [-0.2, -0.15) is 0 Å². The van der Waals surface area contributed by atoms with Crippen LogP contribution in [0.5, 0.6) is 0 Å². The number of benzene rings is 2. The first-order chi connectivity index (χ1) is 9.88. The minimum absolute atomic E-state index is 0.629. The Kier molecular flexibility index (Phi) is 4.80. The van der Waals surface area contributed by atoms with Crippen molar-refractivity contribution in [2.24, 2.45) is 0 Å². The van der Waals surface area contributed by atoms with Gasteiger partial charge in [0.15, 0.2) is 9.84 Å². The van der Waals surface area contributed by atoms with Crippen LogP contribution in [0, 0.1) is 0 Å². The van der Waals surface area contributed by atoms with Gasteiger partial charge in [-0.25, -0.2) is 8.42 Å². The van der Waals surface area contributed by atoms with Crippen molar-refractivity contribution in [3.05, 3.63) is 71.3 Å². The van der Waals surface area contributed by atoms with Crippen molar-refractivity contribution in [3.8, 4) is 0 Å². The van der Waals surface area contributed by atoms with Gasteiger partial charge in [0.25, 0.3) is 0 Å². The second-order valence-corrected chi connectivity index (χ2v) is 7.79. The molecule has 21 heavy (non-hydrogen) atoms. The van der Waals surface area contributed by atoms with Gasteiger partial charge in [-0.05, 0) is 30.0 Å². The van der Waals surface area contributed by atoms with E-state index >= 15 is 0 Å². The molecule has 0 saturated carbocycles. The quantitative estimate of drug-likeness (QED) is 0.924. The monoisotopic (exact) mass is 304 g/mol. The Morgan fingerprint density at radius 1 is 0.952 bits per heavy atom. The molecule has 2 aromatic carbocycles. The van der Waals surface area contributed by atoms with Crippen LogP contribution in [0.2, 0.25) is 0 Å². The average molecular weight is 304 g/mol. The molecule has 0 heterocycles. The van der Waals surface area contributed by atoms with Gasteiger partial charge in [0.2, 0.25) is 0 Å². The van der Waals surface area contributed by atoms with E-state index in [1.54, 1.807) is 12.1 Å². The number of sulfone groups is 1. The van der Waals surface area contributed by atoms with E-state index in [1.165, 1.54) is 12.5 Å². The van der Waals surface area contributed by atoms with Crippen molar-refractivity contribution < 1.29 is 13.5 Å². The Balaban J connectivity index is 2.12. The number of rotatable bonds is 5. The summed E-state index contributed by atoms with van der Waals surface area (Å²) in [4.78, 5) is 0. The van der Waals surface area contributed by atoms with E-state index in [1.807, 2.05) is 30.3 Å². The molecule has 0 aromatic heterocycles. The van der Waals surface area contributed by atoms with Gasteiger partial charge >= 0.3 is 0 Å². The third kappa shape index (κ3) is 4.16. The Morgan fingerprint density at radius 2 is 1.48 bits per heavy atom. The molecule has 0 radical (unpaired) electrons. The third-order valence-corrected chi connectivity index (χ3v) is 5.30. The van der Waals surface area contributed by atoms with Gasteiger partial charge in [-0.3, -0.25) is 0 Å². The smallest absolute Gasteiger partial charge is 0.152 e. The van der Waals surface area contributed by atoms with Crippen LogP contribution in [0.25, 0.3) is 0 Å². The summed E-state index contributed by atoms with van der Waals surface area (Å²) < 4.78 is 23.0. The lowest BCUT2D eigenvalue weighted by Crippen LogP contribution is -2.24. The molecule has 2 aromatic rings. The van der Waals surface area contributed by atoms with Crippen LogP contribution in [-0.4, -0.2) is 25.0 Å². The first-order valence-electron chi connectivity index (χ1n) is 6.87. The summed E-state index contributed by atoms with van der Waals surface area (Å²) in [5, 5.41) is 9.32. The molecule has 3 nitrogen and oxygen atoms in total. The second-order valence-electron chi connectivity index (χ2n) is 5.38. The maximum absolute atomic E-state index is 11.5. The fraction of sp³-hybridized carbons (Fsp3) is 0.294. The van der Waals surface area contributed by atoms with Gasteiger partial charge < -0.3 is 5.11 Å². The molecule has 0 amide bonds. The Labute approximate surface area is 126 Å². The Hall–Kier alpha value is -1.65. The van der Waals surface area contributed by atoms with E-state index in [9.17, 15) is 13.5 Å². The molecule has 1 N–H and O–H groups in total. The topological polar surface area (TPSA) is 54.4 Å². The number of hydrogen-bond acceptors (Lipinski definition) is 3. The maximum atomic E-state index is 11.5. The van der Waals surface area contributed by atoms with E-state index in [0.29, 0.717) is 5.56 Å².